The lowest BCUT2D eigenvalue weighted by Gasteiger charge is -2.23. The van der Waals surface area contributed by atoms with Gasteiger partial charge in [-0.15, -0.1) is 0 Å². The Kier molecular flexibility index (Phi) is 5.19. The molecule has 0 amide bonds. The van der Waals surface area contributed by atoms with E-state index in [0.717, 1.165) is 0 Å². The normalized spacial score (nSPS) is 12.5. The minimum atomic E-state index is -2.13. The van der Waals surface area contributed by atoms with Gasteiger partial charge in [0.2, 0.25) is 7.83 Å². The van der Waals surface area contributed by atoms with Gasteiger partial charge in [-0.05, 0) is 26.9 Å². The number of rotatable bonds is 5. The van der Waals surface area contributed by atoms with Gasteiger partial charge < -0.3 is 13.6 Å². The number of hydrogen-bond donors (Lipinski definition) is 1. The molecule has 0 aliphatic heterocycles. The molecule has 0 aromatic rings. The Bertz CT molecular complexity index is 96.5. The van der Waals surface area contributed by atoms with E-state index < -0.39 is 16.6 Å². The van der Waals surface area contributed by atoms with Crippen LogP contribution in [-0.2, 0) is 8.85 Å². The molecule has 0 aromatic carbocycles. The highest BCUT2D eigenvalue weighted by molar-refractivity contribution is 7.23. The second-order valence-electron chi connectivity index (χ2n) is 2.90. The quantitative estimate of drug-likeness (QED) is 0.650. The van der Waals surface area contributed by atoms with Crippen LogP contribution in [0.25, 0.3) is 0 Å². The van der Waals surface area contributed by atoms with Gasteiger partial charge in [0.1, 0.15) is 0 Å². The second-order valence-corrected chi connectivity index (χ2v) is 13.2. The van der Waals surface area contributed by atoms with E-state index in [4.69, 9.17) is 8.85 Å². The van der Waals surface area contributed by atoms with Gasteiger partial charge in [0, 0.05) is 13.2 Å². The fourth-order valence-electron chi connectivity index (χ4n) is 0.759. The highest BCUT2D eigenvalue weighted by atomic mass is 29.3. The van der Waals surface area contributed by atoms with E-state index in [9.17, 15) is 4.80 Å². The summed E-state index contributed by atoms with van der Waals surface area (Å²) >= 11 is 0. The first-order valence-corrected chi connectivity index (χ1v) is 9.67. The Balaban J connectivity index is 3.88. The van der Waals surface area contributed by atoms with E-state index in [1.807, 2.05) is 26.9 Å². The van der Waals surface area contributed by atoms with Gasteiger partial charge in [-0.1, -0.05) is 0 Å². The van der Waals surface area contributed by atoms with Crippen molar-refractivity contribution in [2.75, 3.05) is 13.2 Å². The molecular formula is C6H18O3Si2. The maximum atomic E-state index is 9.69. The zero-order valence-corrected chi connectivity index (χ0v) is 9.91. The maximum absolute atomic E-state index is 9.69. The molecule has 3 nitrogen and oxygen atoms in total. The van der Waals surface area contributed by atoms with Crippen molar-refractivity contribution in [3.8, 4) is 0 Å². The summed E-state index contributed by atoms with van der Waals surface area (Å²) in [5.74, 6) is 0. The average Bonchev–Trinajstić information content (AvgIpc) is 1.85. The number of hydrogen-bond acceptors (Lipinski definition) is 3. The molecule has 0 saturated carbocycles. The minimum absolute atomic E-state index is 0.647. The van der Waals surface area contributed by atoms with Gasteiger partial charge in [0.05, 0.1) is 0 Å². The molecule has 11 heavy (non-hydrogen) atoms. The zero-order valence-electron chi connectivity index (χ0n) is 7.76. The maximum Gasteiger partial charge on any atom is 0.332 e. The van der Waals surface area contributed by atoms with Crippen LogP contribution in [0.5, 0.6) is 0 Å². The van der Waals surface area contributed by atoms with Crippen molar-refractivity contribution in [1.29, 1.82) is 0 Å². The molecule has 0 aliphatic carbocycles. The lowest BCUT2D eigenvalue weighted by molar-refractivity contribution is 0.223. The van der Waals surface area contributed by atoms with Crippen molar-refractivity contribution < 1.29 is 13.6 Å². The van der Waals surface area contributed by atoms with Crippen LogP contribution in [0.15, 0.2) is 0 Å². The molecule has 0 fully saturated rings. The average molecular weight is 194 g/mol. The Morgan fingerprint density at radius 1 is 1.18 bits per heavy atom. The van der Waals surface area contributed by atoms with E-state index in [2.05, 4.69) is 0 Å². The van der Waals surface area contributed by atoms with Crippen LogP contribution in [0, 0.1) is 0 Å². The molecule has 0 rings (SSSR count). The zero-order chi connectivity index (χ0) is 8.91. The molecule has 0 atom stereocenters. The Labute approximate surface area is 71.1 Å². The monoisotopic (exact) mass is 194 g/mol. The molecule has 0 heterocycles. The first kappa shape index (κ1) is 11.3. The van der Waals surface area contributed by atoms with Crippen LogP contribution in [0.1, 0.15) is 13.8 Å². The lowest BCUT2D eigenvalue weighted by Crippen LogP contribution is -2.50. The SMILES string of the molecule is CCO[SiH](OCC)[Si](C)(C)O. The summed E-state index contributed by atoms with van der Waals surface area (Å²) in [5, 5.41) is 0. The van der Waals surface area contributed by atoms with Gasteiger partial charge >= 0.3 is 8.80 Å². The third-order valence-corrected chi connectivity index (χ3v) is 8.10. The summed E-state index contributed by atoms with van der Waals surface area (Å²) in [5.41, 5.74) is 0. The van der Waals surface area contributed by atoms with E-state index in [-0.39, 0.29) is 0 Å². The lowest BCUT2D eigenvalue weighted by atomic mass is 10.9. The Hall–Kier alpha value is 0.314. The first-order chi connectivity index (χ1) is 5.02. The van der Waals surface area contributed by atoms with Crippen LogP contribution in [0.2, 0.25) is 13.1 Å². The topological polar surface area (TPSA) is 38.7 Å². The standard InChI is InChI=1S/C6H18O3Si2/c1-5-8-10(9-6-2)11(3,4)7/h7,10H,5-6H2,1-4H3. The van der Waals surface area contributed by atoms with Crippen LogP contribution >= 0.6 is 0 Å². The summed E-state index contributed by atoms with van der Waals surface area (Å²) in [7, 11) is -3.86. The van der Waals surface area contributed by atoms with Crippen molar-refractivity contribution in [2.45, 2.75) is 26.9 Å². The molecule has 0 bridgehead atoms. The highest BCUT2D eigenvalue weighted by Gasteiger charge is 2.34. The molecule has 0 spiro atoms. The van der Waals surface area contributed by atoms with E-state index in [0.29, 0.717) is 13.2 Å². The van der Waals surface area contributed by atoms with Gasteiger partial charge in [-0.2, -0.15) is 0 Å². The second kappa shape index (κ2) is 5.05. The highest BCUT2D eigenvalue weighted by Crippen LogP contribution is 2.05. The molecule has 0 aromatic heterocycles. The largest absolute Gasteiger partial charge is 0.429 e. The molecule has 0 radical (unpaired) electrons. The van der Waals surface area contributed by atoms with Gasteiger partial charge in [0.15, 0.2) is 0 Å². The molecule has 0 aliphatic rings. The third-order valence-electron chi connectivity index (χ3n) is 1.21. The van der Waals surface area contributed by atoms with Gasteiger partial charge in [-0.25, -0.2) is 0 Å². The molecule has 0 saturated heterocycles. The molecule has 0 unspecified atom stereocenters. The molecule has 1 N–H and O–H groups in total. The summed E-state index contributed by atoms with van der Waals surface area (Å²) in [6.07, 6.45) is 0. The van der Waals surface area contributed by atoms with Crippen LogP contribution in [-0.4, -0.2) is 34.6 Å². The van der Waals surface area contributed by atoms with Crippen molar-refractivity contribution in [3.05, 3.63) is 0 Å². The first-order valence-electron chi connectivity index (χ1n) is 3.98. The van der Waals surface area contributed by atoms with Gasteiger partial charge in [0.25, 0.3) is 0 Å². The smallest absolute Gasteiger partial charge is 0.332 e. The predicted molar refractivity (Wildman–Crippen MR) is 50.1 cm³/mol. The Morgan fingerprint density at radius 2 is 1.55 bits per heavy atom. The Morgan fingerprint density at radius 3 is 1.73 bits per heavy atom. The van der Waals surface area contributed by atoms with Crippen molar-refractivity contribution in [3.63, 3.8) is 0 Å². The van der Waals surface area contributed by atoms with E-state index >= 15 is 0 Å². The van der Waals surface area contributed by atoms with Gasteiger partial charge in [-0.3, -0.25) is 0 Å². The third kappa shape index (κ3) is 4.70. The fourth-order valence-corrected chi connectivity index (χ4v) is 5.72. The van der Waals surface area contributed by atoms with E-state index in [1.165, 1.54) is 0 Å². The molecule has 5 heteroatoms. The summed E-state index contributed by atoms with van der Waals surface area (Å²) < 4.78 is 10.8. The van der Waals surface area contributed by atoms with Crippen molar-refractivity contribution in [1.82, 2.24) is 0 Å². The van der Waals surface area contributed by atoms with Crippen molar-refractivity contribution >= 4 is 16.6 Å². The summed E-state index contributed by atoms with van der Waals surface area (Å²) in [6, 6.07) is 0. The molecule has 68 valence electrons. The minimum Gasteiger partial charge on any atom is -0.429 e. The fraction of sp³-hybridized carbons (Fsp3) is 1.00. The van der Waals surface area contributed by atoms with Crippen LogP contribution in [0.4, 0.5) is 0 Å². The predicted octanol–water partition coefficient (Wildman–Crippen LogP) is 0.556. The van der Waals surface area contributed by atoms with E-state index in [1.54, 1.807) is 0 Å². The summed E-state index contributed by atoms with van der Waals surface area (Å²) in [6.45, 7) is 8.89. The van der Waals surface area contributed by atoms with Crippen LogP contribution in [0.3, 0.4) is 0 Å². The van der Waals surface area contributed by atoms with Crippen LogP contribution < -0.4 is 0 Å². The van der Waals surface area contributed by atoms with Crippen molar-refractivity contribution in [2.24, 2.45) is 0 Å². The summed E-state index contributed by atoms with van der Waals surface area (Å²) in [4.78, 5) is 9.69. The molecular weight excluding hydrogens is 176 g/mol.